The molecule has 0 bridgehead atoms. The zero-order chi connectivity index (χ0) is 21.8. The average molecular weight is 491 g/mol. The van der Waals surface area contributed by atoms with Crippen molar-refractivity contribution >= 4 is 71.7 Å². The second-order valence-corrected chi connectivity index (χ2v) is 12.6. The molecular formula is C27H22OS4. The van der Waals surface area contributed by atoms with Crippen molar-refractivity contribution in [3.8, 4) is 21.6 Å². The highest BCUT2D eigenvalue weighted by molar-refractivity contribution is 8.01. The second kappa shape index (κ2) is 8.14. The molecule has 0 amide bonds. The van der Waals surface area contributed by atoms with E-state index in [2.05, 4.69) is 62.4 Å². The number of hydrogen-bond donors (Lipinski definition) is 0. The summed E-state index contributed by atoms with van der Waals surface area (Å²) in [4.78, 5) is 17.4. The quantitative estimate of drug-likeness (QED) is 0.250. The predicted octanol–water partition coefficient (Wildman–Crippen LogP) is 9.31. The Bertz CT molecular complexity index is 1500. The van der Waals surface area contributed by atoms with Gasteiger partial charge in [0.2, 0.25) is 0 Å². The van der Waals surface area contributed by atoms with E-state index in [0.29, 0.717) is 12.2 Å². The fourth-order valence-corrected chi connectivity index (χ4v) is 9.83. The number of ketones is 1. The molecule has 5 heteroatoms. The van der Waals surface area contributed by atoms with Crippen LogP contribution in [0.25, 0.3) is 41.7 Å². The monoisotopic (exact) mass is 490 g/mol. The van der Waals surface area contributed by atoms with Gasteiger partial charge in [0, 0.05) is 63.7 Å². The summed E-state index contributed by atoms with van der Waals surface area (Å²) in [6.07, 6.45) is 2.61. The molecule has 0 radical (unpaired) electrons. The Balaban J connectivity index is 1.77. The van der Waals surface area contributed by atoms with Crippen molar-refractivity contribution in [1.29, 1.82) is 0 Å². The minimum atomic E-state index is 0.311. The third-order valence-corrected chi connectivity index (χ3v) is 11.3. The molecule has 2 aromatic carbocycles. The van der Waals surface area contributed by atoms with Crippen LogP contribution in [0.5, 0.6) is 0 Å². The van der Waals surface area contributed by atoms with Crippen molar-refractivity contribution in [2.75, 3.05) is 5.75 Å². The van der Waals surface area contributed by atoms with Crippen LogP contribution in [0.15, 0.2) is 52.7 Å². The first kappa shape index (κ1) is 20.7. The lowest BCUT2D eigenvalue weighted by atomic mass is 9.92. The SMILES string of the molecule is CCc1sc2ccccc2c1-c1sc2c(c1-c1c(CC)sc3ccccc13)C(=O)CCS2. The zero-order valence-corrected chi connectivity index (χ0v) is 21.3. The van der Waals surface area contributed by atoms with Gasteiger partial charge in [-0.05, 0) is 25.0 Å². The van der Waals surface area contributed by atoms with Crippen LogP contribution in [0.3, 0.4) is 0 Å². The van der Waals surface area contributed by atoms with E-state index >= 15 is 0 Å². The molecule has 0 N–H and O–H groups in total. The maximum atomic E-state index is 13.3. The van der Waals surface area contributed by atoms with Crippen LogP contribution in [0.2, 0.25) is 0 Å². The van der Waals surface area contributed by atoms with Gasteiger partial charge in [-0.3, -0.25) is 4.79 Å². The van der Waals surface area contributed by atoms with Gasteiger partial charge < -0.3 is 0 Å². The second-order valence-electron chi connectivity index (χ2n) is 7.99. The minimum absolute atomic E-state index is 0.311. The number of rotatable bonds is 4. The van der Waals surface area contributed by atoms with Crippen LogP contribution in [-0.4, -0.2) is 11.5 Å². The maximum absolute atomic E-state index is 13.3. The van der Waals surface area contributed by atoms with Gasteiger partial charge >= 0.3 is 0 Å². The van der Waals surface area contributed by atoms with Crippen LogP contribution in [-0.2, 0) is 12.8 Å². The van der Waals surface area contributed by atoms with E-state index < -0.39 is 0 Å². The molecule has 5 aromatic rings. The van der Waals surface area contributed by atoms with Gasteiger partial charge in [0.15, 0.2) is 5.78 Å². The van der Waals surface area contributed by atoms with Gasteiger partial charge in [-0.1, -0.05) is 50.2 Å². The summed E-state index contributed by atoms with van der Waals surface area (Å²) >= 11 is 7.50. The van der Waals surface area contributed by atoms with E-state index in [0.717, 1.165) is 24.2 Å². The van der Waals surface area contributed by atoms with Crippen LogP contribution in [0, 0.1) is 0 Å². The van der Waals surface area contributed by atoms with Crippen LogP contribution < -0.4 is 0 Å². The fraction of sp³-hybridized carbons (Fsp3) is 0.222. The first-order valence-electron chi connectivity index (χ1n) is 11.1. The van der Waals surface area contributed by atoms with Crippen molar-refractivity contribution < 1.29 is 4.79 Å². The lowest BCUT2D eigenvalue weighted by molar-refractivity contribution is 0.0986. The number of carbonyl (C=O) groups excluding carboxylic acids is 1. The summed E-state index contributed by atoms with van der Waals surface area (Å²) in [5, 5.41) is 2.61. The topological polar surface area (TPSA) is 17.1 Å². The number of fused-ring (bicyclic) bond motifs is 3. The predicted molar refractivity (Wildman–Crippen MR) is 144 cm³/mol. The van der Waals surface area contributed by atoms with Gasteiger partial charge in [0.05, 0.1) is 9.77 Å². The van der Waals surface area contributed by atoms with Gasteiger partial charge in [-0.2, -0.15) is 0 Å². The van der Waals surface area contributed by atoms with E-state index in [-0.39, 0.29) is 0 Å². The van der Waals surface area contributed by atoms with Gasteiger partial charge in [-0.25, -0.2) is 0 Å². The lowest BCUT2D eigenvalue weighted by Crippen LogP contribution is -2.07. The maximum Gasteiger partial charge on any atom is 0.166 e. The van der Waals surface area contributed by atoms with E-state index in [1.165, 1.54) is 55.7 Å². The summed E-state index contributed by atoms with van der Waals surface area (Å²) < 4.78 is 3.86. The summed E-state index contributed by atoms with van der Waals surface area (Å²) in [5.74, 6) is 1.20. The molecule has 0 unspecified atom stereocenters. The summed E-state index contributed by atoms with van der Waals surface area (Å²) in [6.45, 7) is 4.49. The van der Waals surface area contributed by atoms with Crippen molar-refractivity contribution in [3.05, 3.63) is 63.8 Å². The van der Waals surface area contributed by atoms with Crippen LogP contribution >= 0.6 is 45.8 Å². The van der Waals surface area contributed by atoms with E-state index in [1.54, 1.807) is 0 Å². The molecule has 4 heterocycles. The first-order chi connectivity index (χ1) is 15.7. The molecule has 6 rings (SSSR count). The molecule has 0 saturated heterocycles. The minimum Gasteiger partial charge on any atom is -0.294 e. The van der Waals surface area contributed by atoms with Crippen molar-refractivity contribution in [2.45, 2.75) is 37.3 Å². The Morgan fingerprint density at radius 1 is 0.719 bits per heavy atom. The largest absolute Gasteiger partial charge is 0.294 e. The summed E-state index contributed by atoms with van der Waals surface area (Å²) in [6, 6.07) is 17.5. The summed E-state index contributed by atoms with van der Waals surface area (Å²) in [5.41, 5.74) is 4.84. The number of Topliss-reactive ketones (excluding diaryl/α,β-unsaturated/α-hetero) is 1. The third-order valence-electron chi connectivity index (χ3n) is 6.17. The molecule has 0 aliphatic carbocycles. The molecule has 0 spiro atoms. The molecule has 0 fully saturated rings. The first-order valence-corrected chi connectivity index (χ1v) is 14.5. The molecular weight excluding hydrogens is 469 g/mol. The van der Waals surface area contributed by atoms with Gasteiger partial charge in [0.25, 0.3) is 0 Å². The summed E-state index contributed by atoms with van der Waals surface area (Å²) in [7, 11) is 0. The zero-order valence-electron chi connectivity index (χ0n) is 18.0. The molecule has 1 aliphatic rings. The molecule has 1 nitrogen and oxygen atoms in total. The Morgan fingerprint density at radius 2 is 1.31 bits per heavy atom. The highest BCUT2D eigenvalue weighted by Gasteiger charge is 2.32. The Labute approximate surface area is 204 Å². The van der Waals surface area contributed by atoms with Gasteiger partial charge in [-0.15, -0.1) is 45.8 Å². The lowest BCUT2D eigenvalue weighted by Gasteiger charge is -2.13. The van der Waals surface area contributed by atoms with Gasteiger partial charge in [0.1, 0.15) is 0 Å². The fourth-order valence-electron chi connectivity index (χ4n) is 4.75. The number of hydrogen-bond acceptors (Lipinski definition) is 5. The van der Waals surface area contributed by atoms with Crippen LogP contribution in [0.4, 0.5) is 0 Å². The third kappa shape index (κ3) is 3.06. The highest BCUT2D eigenvalue weighted by atomic mass is 32.2. The number of thiophene rings is 3. The molecule has 160 valence electrons. The highest BCUT2D eigenvalue weighted by Crippen LogP contribution is 2.55. The standard InChI is InChI=1S/C27H22OS4/c1-3-18-22(15-9-5-7-11-20(15)30-18)25-24-17(28)13-14-29-27(24)32-26(25)23-16-10-6-8-12-21(16)31-19(23)4-2/h5-12H,3-4,13-14H2,1-2H3. The van der Waals surface area contributed by atoms with Crippen LogP contribution in [0.1, 0.15) is 40.4 Å². The molecule has 32 heavy (non-hydrogen) atoms. The molecule has 1 aliphatic heterocycles. The Kier molecular flexibility index (Phi) is 5.26. The van der Waals surface area contributed by atoms with Crippen molar-refractivity contribution in [2.24, 2.45) is 0 Å². The van der Waals surface area contributed by atoms with E-state index in [1.807, 2.05) is 45.8 Å². The number of thioether (sulfide) groups is 1. The number of aryl methyl sites for hydroxylation is 2. The van der Waals surface area contributed by atoms with E-state index in [4.69, 9.17) is 0 Å². The Hall–Kier alpha value is -1.92. The van der Waals surface area contributed by atoms with Crippen molar-refractivity contribution in [1.82, 2.24) is 0 Å². The molecule has 0 saturated carbocycles. The average Bonchev–Trinajstić information content (AvgIpc) is 3.49. The Morgan fingerprint density at radius 3 is 1.97 bits per heavy atom. The smallest absolute Gasteiger partial charge is 0.166 e. The van der Waals surface area contributed by atoms with Crippen molar-refractivity contribution in [3.63, 3.8) is 0 Å². The van der Waals surface area contributed by atoms with E-state index in [9.17, 15) is 4.79 Å². The molecule has 0 atom stereocenters. The number of carbonyl (C=O) groups is 1. The number of benzene rings is 2. The molecule has 3 aromatic heterocycles. The normalized spacial score (nSPS) is 13.9.